The van der Waals surface area contributed by atoms with Crippen molar-refractivity contribution < 1.29 is 9.59 Å². The lowest BCUT2D eigenvalue weighted by molar-refractivity contribution is -0.115. The second kappa shape index (κ2) is 9.04. The van der Waals surface area contributed by atoms with E-state index in [0.717, 1.165) is 28.1 Å². The van der Waals surface area contributed by atoms with E-state index in [-0.39, 0.29) is 11.8 Å². The maximum atomic E-state index is 13.5. The van der Waals surface area contributed by atoms with Crippen LogP contribution in [-0.4, -0.2) is 18.4 Å². The average molecular weight is 453 g/mol. The zero-order valence-corrected chi connectivity index (χ0v) is 19.2. The minimum Gasteiger partial charge on any atom is -0.326 e. The number of carbonyl (C=O) groups is 2. The Hall–Kier alpha value is -3.70. The zero-order chi connectivity index (χ0) is 22.8. The van der Waals surface area contributed by atoms with Crippen LogP contribution in [-0.2, 0) is 17.6 Å². The number of carbonyl (C=O) groups excluding carboxylic acids is 2. The molecule has 5 rings (SSSR count). The first-order valence-electron chi connectivity index (χ1n) is 11.0. The van der Waals surface area contributed by atoms with Crippen molar-refractivity contribution in [2.75, 3.05) is 16.8 Å². The average Bonchev–Trinajstić information content (AvgIpc) is 3.15. The molecule has 0 bridgehead atoms. The van der Waals surface area contributed by atoms with Gasteiger partial charge in [-0.2, -0.15) is 0 Å². The van der Waals surface area contributed by atoms with E-state index in [2.05, 4.69) is 23.5 Å². The van der Waals surface area contributed by atoms with Crippen molar-refractivity contribution in [3.63, 3.8) is 0 Å². The molecule has 0 spiro atoms. The lowest BCUT2D eigenvalue weighted by atomic mass is 9.98. The third kappa shape index (κ3) is 4.32. The largest absolute Gasteiger partial charge is 0.326 e. The molecule has 0 radical (unpaired) electrons. The highest BCUT2D eigenvalue weighted by Crippen LogP contribution is 2.36. The Bertz CT molecular complexity index is 1320. The first-order chi connectivity index (χ1) is 16.1. The van der Waals surface area contributed by atoms with E-state index >= 15 is 0 Å². The highest BCUT2D eigenvalue weighted by atomic mass is 32.1. The number of rotatable bonds is 4. The van der Waals surface area contributed by atoms with Gasteiger partial charge in [0.05, 0.1) is 12.1 Å². The van der Waals surface area contributed by atoms with Crippen molar-refractivity contribution in [2.24, 2.45) is 0 Å². The number of aryl methyl sites for hydroxylation is 1. The molecular formula is C28H24N2O2S. The summed E-state index contributed by atoms with van der Waals surface area (Å²) in [4.78, 5) is 28.8. The van der Waals surface area contributed by atoms with Crippen LogP contribution in [0, 0.1) is 6.92 Å². The summed E-state index contributed by atoms with van der Waals surface area (Å²) in [5.41, 5.74) is 6.86. The fraction of sp³-hybridized carbons (Fsp3) is 0.143. The van der Waals surface area contributed by atoms with Crippen molar-refractivity contribution in [3.05, 3.63) is 106 Å². The van der Waals surface area contributed by atoms with Crippen molar-refractivity contribution in [1.29, 1.82) is 0 Å². The SMILES string of the molecule is Cc1ccsc1CC(=O)Nc1ccc(C(=O)N2CCc3ccccc3-c3ccccc32)cc1. The molecule has 2 heterocycles. The molecule has 0 atom stereocenters. The molecule has 4 nitrogen and oxygen atoms in total. The Morgan fingerprint density at radius 3 is 2.39 bits per heavy atom. The summed E-state index contributed by atoms with van der Waals surface area (Å²) in [5.74, 6) is -0.0961. The maximum Gasteiger partial charge on any atom is 0.258 e. The topological polar surface area (TPSA) is 49.4 Å². The Morgan fingerprint density at radius 1 is 0.909 bits per heavy atom. The van der Waals surface area contributed by atoms with Gasteiger partial charge in [-0.05, 0) is 71.8 Å². The molecule has 33 heavy (non-hydrogen) atoms. The molecule has 3 aromatic carbocycles. The third-order valence-corrected chi connectivity index (χ3v) is 7.08. The van der Waals surface area contributed by atoms with E-state index in [1.54, 1.807) is 35.6 Å². The Morgan fingerprint density at radius 2 is 1.64 bits per heavy atom. The number of hydrogen-bond donors (Lipinski definition) is 1. The number of fused-ring (bicyclic) bond motifs is 3. The van der Waals surface area contributed by atoms with Gasteiger partial charge in [0.2, 0.25) is 5.91 Å². The molecule has 0 saturated heterocycles. The minimum atomic E-state index is -0.0566. The first-order valence-corrected chi connectivity index (χ1v) is 11.9. The van der Waals surface area contributed by atoms with E-state index in [1.807, 2.05) is 53.6 Å². The lowest BCUT2D eigenvalue weighted by Crippen LogP contribution is -2.32. The number of thiophene rings is 1. The summed E-state index contributed by atoms with van der Waals surface area (Å²) in [6.45, 7) is 2.63. The smallest absolute Gasteiger partial charge is 0.258 e. The molecule has 0 unspecified atom stereocenters. The van der Waals surface area contributed by atoms with Gasteiger partial charge in [-0.1, -0.05) is 42.5 Å². The van der Waals surface area contributed by atoms with Gasteiger partial charge in [0.15, 0.2) is 0 Å². The number of nitrogens with zero attached hydrogens (tertiary/aromatic N) is 1. The van der Waals surface area contributed by atoms with Crippen LogP contribution in [0.5, 0.6) is 0 Å². The van der Waals surface area contributed by atoms with Crippen LogP contribution in [0.3, 0.4) is 0 Å². The number of benzene rings is 3. The van der Waals surface area contributed by atoms with E-state index in [4.69, 9.17) is 0 Å². The third-order valence-electron chi connectivity index (χ3n) is 6.06. The van der Waals surface area contributed by atoms with Gasteiger partial charge >= 0.3 is 0 Å². The number of nitrogens with one attached hydrogen (secondary N) is 1. The summed E-state index contributed by atoms with van der Waals surface area (Å²) < 4.78 is 0. The highest BCUT2D eigenvalue weighted by Gasteiger charge is 2.24. The van der Waals surface area contributed by atoms with Gasteiger partial charge in [0.25, 0.3) is 5.91 Å². The molecule has 0 saturated carbocycles. The van der Waals surface area contributed by atoms with Crippen LogP contribution in [0.2, 0.25) is 0 Å². The fourth-order valence-electron chi connectivity index (χ4n) is 4.29. The Kier molecular flexibility index (Phi) is 5.80. The van der Waals surface area contributed by atoms with Crippen LogP contribution < -0.4 is 10.2 Å². The normalized spacial score (nSPS) is 12.5. The maximum absolute atomic E-state index is 13.5. The molecule has 0 fully saturated rings. The lowest BCUT2D eigenvalue weighted by Gasteiger charge is -2.23. The van der Waals surface area contributed by atoms with Crippen molar-refractivity contribution in [1.82, 2.24) is 0 Å². The van der Waals surface area contributed by atoms with Gasteiger partial charge in [-0.3, -0.25) is 9.59 Å². The van der Waals surface area contributed by atoms with Crippen LogP contribution >= 0.6 is 11.3 Å². The molecular weight excluding hydrogens is 428 g/mol. The van der Waals surface area contributed by atoms with Crippen LogP contribution in [0.1, 0.15) is 26.4 Å². The zero-order valence-electron chi connectivity index (χ0n) is 18.4. The van der Waals surface area contributed by atoms with E-state index in [1.165, 1.54) is 11.1 Å². The molecule has 0 aliphatic carbocycles. The van der Waals surface area contributed by atoms with Gasteiger partial charge < -0.3 is 10.2 Å². The van der Waals surface area contributed by atoms with E-state index in [9.17, 15) is 9.59 Å². The van der Waals surface area contributed by atoms with Gasteiger partial charge in [0, 0.05) is 28.2 Å². The van der Waals surface area contributed by atoms with Crippen molar-refractivity contribution >= 4 is 34.5 Å². The number of amides is 2. The number of hydrogen-bond acceptors (Lipinski definition) is 3. The van der Waals surface area contributed by atoms with E-state index < -0.39 is 0 Å². The minimum absolute atomic E-state index is 0.0395. The number of para-hydroxylation sites is 1. The van der Waals surface area contributed by atoms with Gasteiger partial charge in [0.1, 0.15) is 0 Å². The van der Waals surface area contributed by atoms with Crippen molar-refractivity contribution in [2.45, 2.75) is 19.8 Å². The molecule has 1 aliphatic heterocycles. The van der Waals surface area contributed by atoms with Gasteiger partial charge in [-0.25, -0.2) is 0 Å². The summed E-state index contributed by atoms with van der Waals surface area (Å²) in [6.07, 6.45) is 1.15. The van der Waals surface area contributed by atoms with Crippen LogP contribution in [0.15, 0.2) is 84.2 Å². The predicted octanol–water partition coefficient (Wildman–Crippen LogP) is 6.11. The number of anilines is 2. The summed E-state index contributed by atoms with van der Waals surface area (Å²) >= 11 is 1.59. The standard InChI is InChI=1S/C28H24N2O2S/c1-19-15-17-33-26(19)18-27(31)29-22-12-10-21(11-13-22)28(32)30-16-14-20-6-2-3-7-23(20)24-8-4-5-9-25(24)30/h2-13,15,17H,14,16,18H2,1H3,(H,29,31). The Balaban J connectivity index is 1.35. The molecule has 1 N–H and O–H groups in total. The van der Waals surface area contributed by atoms with Crippen LogP contribution in [0.4, 0.5) is 11.4 Å². The summed E-state index contributed by atoms with van der Waals surface area (Å²) in [6, 6.07) is 25.6. The van der Waals surface area contributed by atoms with Crippen molar-refractivity contribution in [3.8, 4) is 11.1 Å². The molecule has 5 heteroatoms. The van der Waals surface area contributed by atoms with Gasteiger partial charge in [-0.15, -0.1) is 11.3 Å². The summed E-state index contributed by atoms with van der Waals surface area (Å²) in [7, 11) is 0. The summed E-state index contributed by atoms with van der Waals surface area (Å²) in [5, 5.41) is 4.93. The van der Waals surface area contributed by atoms with Crippen LogP contribution in [0.25, 0.3) is 11.1 Å². The molecule has 2 amide bonds. The molecule has 1 aromatic heterocycles. The molecule has 1 aliphatic rings. The first kappa shape index (κ1) is 21.2. The second-order valence-corrected chi connectivity index (χ2v) is 9.21. The van der Waals surface area contributed by atoms with E-state index in [0.29, 0.717) is 24.2 Å². The second-order valence-electron chi connectivity index (χ2n) is 8.21. The highest BCUT2D eigenvalue weighted by molar-refractivity contribution is 7.10. The molecule has 4 aromatic rings. The molecule has 164 valence electrons. The predicted molar refractivity (Wildman–Crippen MR) is 135 cm³/mol. The fourth-order valence-corrected chi connectivity index (χ4v) is 5.19. The quantitative estimate of drug-likeness (QED) is 0.406. The Labute approximate surface area is 197 Å². The monoisotopic (exact) mass is 452 g/mol.